The van der Waals surface area contributed by atoms with Crippen LogP contribution in [0.15, 0.2) is 60.8 Å². The Kier molecular flexibility index (Phi) is 20.9. The summed E-state index contributed by atoms with van der Waals surface area (Å²) >= 11 is 0. The second-order valence-electron chi connectivity index (χ2n) is 6.93. The lowest BCUT2D eigenvalue weighted by atomic mass is 10.1. The van der Waals surface area contributed by atoms with Gasteiger partial charge in [0.05, 0.1) is 12.6 Å². The van der Waals surface area contributed by atoms with Crippen molar-refractivity contribution >= 4 is 5.97 Å². The van der Waals surface area contributed by atoms with Gasteiger partial charge in [-0.15, -0.1) is 0 Å². The van der Waals surface area contributed by atoms with Gasteiger partial charge in [0.1, 0.15) is 6.61 Å². The molecule has 1 unspecified atom stereocenters. The Morgan fingerprint density at radius 3 is 1.86 bits per heavy atom. The first-order valence-electron chi connectivity index (χ1n) is 11.0. The number of carbonyl (C=O) groups excluding carboxylic acids is 1. The first kappa shape index (κ1) is 27.1. The van der Waals surface area contributed by atoms with Crippen LogP contribution in [-0.4, -0.2) is 30.3 Å². The average Bonchev–Trinajstić information content (AvgIpc) is 2.73. The minimum absolute atomic E-state index is 0.0926. The van der Waals surface area contributed by atoms with E-state index in [9.17, 15) is 4.79 Å². The van der Waals surface area contributed by atoms with Gasteiger partial charge in [0.2, 0.25) is 0 Å². The van der Waals surface area contributed by atoms with E-state index < -0.39 is 6.04 Å². The van der Waals surface area contributed by atoms with E-state index >= 15 is 0 Å². The molecular weight excluding hydrogens is 362 g/mol. The summed E-state index contributed by atoms with van der Waals surface area (Å²) in [6.45, 7) is 2.08. The van der Waals surface area contributed by atoms with E-state index in [2.05, 4.69) is 67.7 Å². The summed E-state index contributed by atoms with van der Waals surface area (Å²) in [5, 5.41) is 8.76. The zero-order valence-corrected chi connectivity index (χ0v) is 18.2. The molecule has 0 aliphatic heterocycles. The number of allylic oxidation sites excluding steroid dienone is 10. The highest BCUT2D eigenvalue weighted by molar-refractivity contribution is 5.69. The molecule has 0 aliphatic rings. The molecule has 0 amide bonds. The number of esters is 1. The van der Waals surface area contributed by atoms with Crippen LogP contribution in [0.1, 0.15) is 71.1 Å². The standard InChI is InChI=1S/C25H41NO3/c1-2-3-4-5-6-7-8-9-10-11-12-13-14-15-16-17-18-19-20-21-25(28)29-23-24(26)22-27/h3-4,6-7,9-10,12-13,15-16,24,27H,2,5,8,11,14,17-23,26H2,1H3/b4-3-,7-6-,10-9-,13-12-,16-15-. The van der Waals surface area contributed by atoms with Gasteiger partial charge in [-0.3, -0.25) is 4.79 Å². The van der Waals surface area contributed by atoms with Gasteiger partial charge in [0.15, 0.2) is 0 Å². The average molecular weight is 404 g/mol. The fraction of sp³-hybridized carbons (Fsp3) is 0.560. The molecule has 0 saturated heterocycles. The molecule has 164 valence electrons. The number of rotatable bonds is 18. The van der Waals surface area contributed by atoms with E-state index in [1.54, 1.807) is 0 Å². The normalized spacial score (nSPS) is 13.6. The Morgan fingerprint density at radius 1 is 0.828 bits per heavy atom. The molecule has 0 aromatic rings. The summed E-state index contributed by atoms with van der Waals surface area (Å²) in [6.07, 6.45) is 31.5. The fourth-order valence-corrected chi connectivity index (χ4v) is 2.40. The minimum atomic E-state index is -0.478. The molecule has 4 heteroatoms. The number of unbranched alkanes of at least 4 members (excludes halogenated alkanes) is 3. The van der Waals surface area contributed by atoms with Gasteiger partial charge in [-0.05, 0) is 51.4 Å². The molecular formula is C25H41NO3. The quantitative estimate of drug-likeness (QED) is 0.179. The van der Waals surface area contributed by atoms with Crippen LogP contribution >= 0.6 is 0 Å². The number of aliphatic hydroxyl groups is 1. The van der Waals surface area contributed by atoms with Crippen molar-refractivity contribution in [3.8, 4) is 0 Å². The third-order valence-corrected chi connectivity index (χ3v) is 4.10. The monoisotopic (exact) mass is 403 g/mol. The zero-order chi connectivity index (χ0) is 21.4. The van der Waals surface area contributed by atoms with Gasteiger partial charge in [-0.25, -0.2) is 0 Å². The molecule has 0 radical (unpaired) electrons. The van der Waals surface area contributed by atoms with Crippen LogP contribution in [0.3, 0.4) is 0 Å². The largest absolute Gasteiger partial charge is 0.464 e. The first-order valence-corrected chi connectivity index (χ1v) is 11.0. The van der Waals surface area contributed by atoms with Gasteiger partial charge < -0.3 is 15.6 Å². The zero-order valence-electron chi connectivity index (χ0n) is 18.2. The Morgan fingerprint density at radius 2 is 1.34 bits per heavy atom. The molecule has 1 atom stereocenters. The van der Waals surface area contributed by atoms with Crippen LogP contribution in [0.5, 0.6) is 0 Å². The van der Waals surface area contributed by atoms with Crippen molar-refractivity contribution in [2.45, 2.75) is 77.2 Å². The Balaban J connectivity index is 3.47. The minimum Gasteiger partial charge on any atom is -0.464 e. The smallest absolute Gasteiger partial charge is 0.305 e. The van der Waals surface area contributed by atoms with E-state index in [-0.39, 0.29) is 19.2 Å². The van der Waals surface area contributed by atoms with Crippen molar-refractivity contribution in [2.24, 2.45) is 5.73 Å². The van der Waals surface area contributed by atoms with Gasteiger partial charge in [0.25, 0.3) is 0 Å². The first-order chi connectivity index (χ1) is 14.2. The predicted molar refractivity (Wildman–Crippen MR) is 124 cm³/mol. The topological polar surface area (TPSA) is 72.5 Å². The maximum absolute atomic E-state index is 11.5. The van der Waals surface area contributed by atoms with Crippen LogP contribution in [0, 0.1) is 0 Å². The van der Waals surface area contributed by atoms with Crippen LogP contribution < -0.4 is 5.73 Å². The lowest BCUT2D eigenvalue weighted by Crippen LogP contribution is -2.31. The lowest BCUT2D eigenvalue weighted by Gasteiger charge is -2.08. The number of ether oxygens (including phenoxy) is 1. The maximum atomic E-state index is 11.5. The van der Waals surface area contributed by atoms with Gasteiger partial charge in [-0.2, -0.15) is 0 Å². The molecule has 29 heavy (non-hydrogen) atoms. The van der Waals surface area contributed by atoms with Crippen LogP contribution in [-0.2, 0) is 9.53 Å². The Labute approximate surface area is 177 Å². The molecule has 0 rings (SSSR count). The number of aliphatic hydroxyl groups excluding tert-OH is 1. The number of carbonyl (C=O) groups is 1. The predicted octanol–water partition coefficient (Wildman–Crippen LogP) is 5.55. The molecule has 0 saturated carbocycles. The maximum Gasteiger partial charge on any atom is 0.305 e. The summed E-state index contributed by atoms with van der Waals surface area (Å²) < 4.78 is 4.98. The molecule has 0 aromatic heterocycles. The molecule has 0 fully saturated rings. The summed E-state index contributed by atoms with van der Waals surface area (Å²) in [5.74, 6) is -0.233. The van der Waals surface area contributed by atoms with Crippen LogP contribution in [0.2, 0.25) is 0 Å². The van der Waals surface area contributed by atoms with Gasteiger partial charge in [0, 0.05) is 6.42 Å². The molecule has 0 spiro atoms. The molecule has 0 heterocycles. The summed E-state index contributed by atoms with van der Waals surface area (Å²) in [4.78, 5) is 11.5. The summed E-state index contributed by atoms with van der Waals surface area (Å²) in [6, 6.07) is -0.478. The third kappa shape index (κ3) is 22.2. The molecule has 0 aromatic carbocycles. The summed E-state index contributed by atoms with van der Waals surface area (Å²) in [7, 11) is 0. The van der Waals surface area contributed by atoms with Gasteiger partial charge >= 0.3 is 5.97 Å². The molecule has 0 bridgehead atoms. The van der Waals surface area contributed by atoms with E-state index in [0.717, 1.165) is 57.8 Å². The molecule has 4 nitrogen and oxygen atoms in total. The molecule has 3 N–H and O–H groups in total. The molecule has 0 aliphatic carbocycles. The number of hydrogen-bond donors (Lipinski definition) is 2. The highest BCUT2D eigenvalue weighted by atomic mass is 16.5. The number of hydrogen-bond acceptors (Lipinski definition) is 4. The second kappa shape index (κ2) is 22.4. The van der Waals surface area contributed by atoms with E-state index in [1.807, 2.05) is 0 Å². The van der Waals surface area contributed by atoms with Crippen LogP contribution in [0.25, 0.3) is 0 Å². The lowest BCUT2D eigenvalue weighted by molar-refractivity contribution is -0.144. The van der Waals surface area contributed by atoms with Crippen molar-refractivity contribution < 1.29 is 14.6 Å². The van der Waals surface area contributed by atoms with Gasteiger partial charge in [-0.1, -0.05) is 74.1 Å². The van der Waals surface area contributed by atoms with Crippen molar-refractivity contribution in [3.63, 3.8) is 0 Å². The highest BCUT2D eigenvalue weighted by Gasteiger charge is 2.06. The fourth-order valence-electron chi connectivity index (χ4n) is 2.40. The Hall–Kier alpha value is -1.91. The van der Waals surface area contributed by atoms with Crippen molar-refractivity contribution in [2.75, 3.05) is 13.2 Å². The SMILES string of the molecule is CC/C=C\C/C=C\C/C=C\C/C=C\C/C=C\CCCCCC(=O)OCC(N)CO. The second-order valence-corrected chi connectivity index (χ2v) is 6.93. The van der Waals surface area contributed by atoms with E-state index in [0.29, 0.717) is 6.42 Å². The van der Waals surface area contributed by atoms with Crippen molar-refractivity contribution in [3.05, 3.63) is 60.8 Å². The third-order valence-electron chi connectivity index (χ3n) is 4.10. The summed E-state index contributed by atoms with van der Waals surface area (Å²) in [5.41, 5.74) is 5.48. The van der Waals surface area contributed by atoms with Crippen LogP contribution in [0.4, 0.5) is 0 Å². The van der Waals surface area contributed by atoms with Crippen molar-refractivity contribution in [1.29, 1.82) is 0 Å². The van der Waals surface area contributed by atoms with Crippen molar-refractivity contribution in [1.82, 2.24) is 0 Å². The Bertz CT molecular complexity index is 518. The highest BCUT2D eigenvalue weighted by Crippen LogP contribution is 2.05. The number of nitrogens with two attached hydrogens (primary N) is 1. The van der Waals surface area contributed by atoms with E-state index in [1.165, 1.54) is 0 Å². The van der Waals surface area contributed by atoms with E-state index in [4.69, 9.17) is 15.6 Å².